The van der Waals surface area contributed by atoms with Crippen LogP contribution in [0.4, 0.5) is 13.2 Å². The van der Waals surface area contributed by atoms with Gasteiger partial charge in [0.05, 0.1) is 6.61 Å². The van der Waals surface area contributed by atoms with Gasteiger partial charge in [-0.2, -0.15) is 0 Å². The van der Waals surface area contributed by atoms with Crippen molar-refractivity contribution in [2.45, 2.75) is 25.9 Å². The molecule has 9 heteroatoms. The van der Waals surface area contributed by atoms with Gasteiger partial charge >= 0.3 is 6.36 Å². The lowest BCUT2D eigenvalue weighted by Gasteiger charge is -2.18. The van der Waals surface area contributed by atoms with Crippen LogP contribution in [0.2, 0.25) is 0 Å². The average Bonchev–Trinajstić information content (AvgIpc) is 2.43. The van der Waals surface area contributed by atoms with Gasteiger partial charge in [0.15, 0.2) is 5.96 Å². The Labute approximate surface area is 150 Å². The first-order valence-corrected chi connectivity index (χ1v) is 6.65. The number of alkyl halides is 3. The van der Waals surface area contributed by atoms with Crippen molar-refractivity contribution in [1.29, 1.82) is 0 Å². The SMILES string of the molecule is CN=C(NCc1ccccc1OC(F)(F)F)NC(C)COC.I. The number of aliphatic imine (C=N–C) groups is 1. The maximum atomic E-state index is 12.4. The van der Waals surface area contributed by atoms with Crippen molar-refractivity contribution in [3.8, 4) is 5.75 Å². The van der Waals surface area contributed by atoms with Crippen LogP contribution in [0.3, 0.4) is 0 Å². The Balaban J connectivity index is 0.00000484. The van der Waals surface area contributed by atoms with E-state index in [0.717, 1.165) is 0 Å². The normalized spacial score (nSPS) is 13.0. The Bertz CT molecular complexity index is 498. The summed E-state index contributed by atoms with van der Waals surface area (Å²) in [6.07, 6.45) is -4.72. The van der Waals surface area contributed by atoms with E-state index in [2.05, 4.69) is 20.4 Å². The van der Waals surface area contributed by atoms with Crippen molar-refractivity contribution >= 4 is 29.9 Å². The Hall–Kier alpha value is -1.23. The van der Waals surface area contributed by atoms with Crippen molar-refractivity contribution in [1.82, 2.24) is 10.6 Å². The third-order valence-electron chi connectivity index (χ3n) is 2.67. The minimum Gasteiger partial charge on any atom is -0.405 e. The van der Waals surface area contributed by atoms with Crippen molar-refractivity contribution in [3.05, 3.63) is 29.8 Å². The van der Waals surface area contributed by atoms with E-state index in [1.165, 1.54) is 12.1 Å². The van der Waals surface area contributed by atoms with Crippen molar-refractivity contribution in [3.63, 3.8) is 0 Å². The molecule has 0 aliphatic heterocycles. The predicted molar refractivity (Wildman–Crippen MR) is 93.2 cm³/mol. The molecule has 1 aromatic rings. The van der Waals surface area contributed by atoms with E-state index in [1.54, 1.807) is 26.3 Å². The third kappa shape index (κ3) is 8.84. The number of ether oxygens (including phenoxy) is 2. The van der Waals surface area contributed by atoms with Gasteiger partial charge in [-0.05, 0) is 13.0 Å². The number of benzene rings is 1. The van der Waals surface area contributed by atoms with E-state index in [4.69, 9.17) is 4.74 Å². The van der Waals surface area contributed by atoms with Crippen LogP contribution in [-0.2, 0) is 11.3 Å². The summed E-state index contributed by atoms with van der Waals surface area (Å²) in [6.45, 7) is 2.52. The van der Waals surface area contributed by atoms with Crippen LogP contribution in [0.15, 0.2) is 29.3 Å². The number of rotatable bonds is 6. The summed E-state index contributed by atoms with van der Waals surface area (Å²) in [5, 5.41) is 5.99. The summed E-state index contributed by atoms with van der Waals surface area (Å²) >= 11 is 0. The molecule has 0 saturated carbocycles. The summed E-state index contributed by atoms with van der Waals surface area (Å²) in [4.78, 5) is 4.01. The average molecular weight is 447 g/mol. The molecule has 0 aromatic heterocycles. The number of hydrogen-bond acceptors (Lipinski definition) is 3. The molecule has 1 unspecified atom stereocenters. The molecule has 0 radical (unpaired) electrons. The fourth-order valence-corrected chi connectivity index (χ4v) is 1.77. The van der Waals surface area contributed by atoms with E-state index >= 15 is 0 Å². The molecule has 2 N–H and O–H groups in total. The number of nitrogens with zero attached hydrogens (tertiary/aromatic N) is 1. The zero-order chi connectivity index (χ0) is 16.6. The smallest absolute Gasteiger partial charge is 0.405 e. The van der Waals surface area contributed by atoms with E-state index < -0.39 is 6.36 Å². The topological polar surface area (TPSA) is 54.9 Å². The number of para-hydroxylation sites is 1. The Morgan fingerprint density at radius 3 is 2.52 bits per heavy atom. The van der Waals surface area contributed by atoms with Crippen molar-refractivity contribution in [2.75, 3.05) is 20.8 Å². The van der Waals surface area contributed by atoms with E-state index in [9.17, 15) is 13.2 Å². The van der Waals surface area contributed by atoms with Gasteiger partial charge in [-0.1, -0.05) is 18.2 Å². The molecule has 0 aliphatic carbocycles. The molecule has 0 amide bonds. The van der Waals surface area contributed by atoms with Gasteiger partial charge in [-0.25, -0.2) is 0 Å². The van der Waals surface area contributed by atoms with Crippen LogP contribution in [0.1, 0.15) is 12.5 Å². The molecule has 0 spiro atoms. The quantitative estimate of drug-likeness (QED) is 0.400. The van der Waals surface area contributed by atoms with Gasteiger partial charge in [-0.3, -0.25) is 4.99 Å². The van der Waals surface area contributed by atoms with Gasteiger partial charge in [-0.15, -0.1) is 37.1 Å². The highest BCUT2D eigenvalue weighted by atomic mass is 127. The minimum absolute atomic E-state index is 0. The van der Waals surface area contributed by atoms with E-state index in [-0.39, 0.29) is 42.3 Å². The summed E-state index contributed by atoms with van der Waals surface area (Å²) in [7, 11) is 3.16. The monoisotopic (exact) mass is 447 g/mol. The maximum Gasteiger partial charge on any atom is 0.573 e. The summed E-state index contributed by atoms with van der Waals surface area (Å²) < 4.78 is 46.0. The highest BCUT2D eigenvalue weighted by Crippen LogP contribution is 2.25. The minimum atomic E-state index is -4.72. The molecule has 132 valence electrons. The van der Waals surface area contributed by atoms with E-state index in [1.807, 2.05) is 6.92 Å². The lowest BCUT2D eigenvalue weighted by Crippen LogP contribution is -2.43. The van der Waals surface area contributed by atoms with Crippen LogP contribution in [0.25, 0.3) is 0 Å². The second kappa shape index (κ2) is 10.5. The molecule has 0 heterocycles. The zero-order valence-electron chi connectivity index (χ0n) is 13.1. The van der Waals surface area contributed by atoms with Gasteiger partial charge in [0.1, 0.15) is 5.75 Å². The van der Waals surface area contributed by atoms with Gasteiger partial charge in [0.25, 0.3) is 0 Å². The highest BCUT2D eigenvalue weighted by Gasteiger charge is 2.31. The molecule has 1 atom stereocenters. The summed E-state index contributed by atoms with van der Waals surface area (Å²) in [5.41, 5.74) is 0.377. The third-order valence-corrected chi connectivity index (χ3v) is 2.67. The summed E-state index contributed by atoms with van der Waals surface area (Å²) in [6, 6.07) is 5.97. The Morgan fingerprint density at radius 1 is 1.30 bits per heavy atom. The lowest BCUT2D eigenvalue weighted by atomic mass is 10.2. The van der Waals surface area contributed by atoms with Crippen LogP contribution >= 0.6 is 24.0 Å². The molecule has 0 bridgehead atoms. The molecule has 0 fully saturated rings. The van der Waals surface area contributed by atoms with Crippen LogP contribution < -0.4 is 15.4 Å². The zero-order valence-corrected chi connectivity index (χ0v) is 15.4. The van der Waals surface area contributed by atoms with Crippen molar-refractivity contribution in [2.24, 2.45) is 4.99 Å². The first-order valence-electron chi connectivity index (χ1n) is 6.65. The molecule has 1 rings (SSSR count). The molecule has 23 heavy (non-hydrogen) atoms. The standard InChI is InChI=1S/C14H20F3N3O2.HI/c1-10(9-21-3)20-13(18-2)19-8-11-6-4-5-7-12(11)22-14(15,16)17;/h4-7,10H,8-9H2,1-3H3,(H2,18,19,20);1H. The number of guanidine groups is 1. The molecule has 5 nitrogen and oxygen atoms in total. The van der Waals surface area contributed by atoms with Crippen LogP contribution in [0.5, 0.6) is 5.75 Å². The van der Waals surface area contributed by atoms with Crippen LogP contribution in [-0.4, -0.2) is 39.1 Å². The Morgan fingerprint density at radius 2 is 1.96 bits per heavy atom. The molecule has 0 saturated heterocycles. The van der Waals surface area contributed by atoms with Crippen molar-refractivity contribution < 1.29 is 22.6 Å². The number of nitrogens with one attached hydrogen (secondary N) is 2. The molecular formula is C14H21F3IN3O2. The van der Waals surface area contributed by atoms with Gasteiger partial charge < -0.3 is 20.1 Å². The lowest BCUT2D eigenvalue weighted by molar-refractivity contribution is -0.274. The Kier molecular flexibility index (Phi) is 9.96. The number of methoxy groups -OCH3 is 1. The predicted octanol–water partition coefficient (Wildman–Crippen LogP) is 2.90. The summed E-state index contributed by atoms with van der Waals surface area (Å²) in [5.74, 6) is 0.231. The van der Waals surface area contributed by atoms with Gasteiger partial charge in [0, 0.05) is 32.3 Å². The first kappa shape index (κ1) is 21.8. The first-order chi connectivity index (χ1) is 10.4. The molecule has 1 aromatic carbocycles. The second-order valence-corrected chi connectivity index (χ2v) is 4.58. The van der Waals surface area contributed by atoms with Gasteiger partial charge in [0.2, 0.25) is 0 Å². The van der Waals surface area contributed by atoms with Crippen LogP contribution in [0, 0.1) is 0 Å². The largest absolute Gasteiger partial charge is 0.573 e. The maximum absolute atomic E-state index is 12.4. The second-order valence-electron chi connectivity index (χ2n) is 4.58. The fraction of sp³-hybridized carbons (Fsp3) is 0.500. The number of halogens is 4. The van der Waals surface area contributed by atoms with E-state index in [0.29, 0.717) is 18.1 Å². The molecule has 0 aliphatic rings. The highest BCUT2D eigenvalue weighted by molar-refractivity contribution is 14.0. The number of hydrogen-bond donors (Lipinski definition) is 2. The molecular weight excluding hydrogens is 426 g/mol. The fourth-order valence-electron chi connectivity index (χ4n) is 1.77.